The van der Waals surface area contributed by atoms with E-state index in [4.69, 9.17) is 15.6 Å². The van der Waals surface area contributed by atoms with Gasteiger partial charge in [0.2, 0.25) is 0 Å². The fourth-order valence-corrected chi connectivity index (χ4v) is 3.35. The lowest BCUT2D eigenvalue weighted by Crippen LogP contribution is -2.16. The third-order valence-electron chi connectivity index (χ3n) is 5.08. The van der Waals surface area contributed by atoms with Gasteiger partial charge in [0.15, 0.2) is 0 Å². The molecule has 4 aromatic rings. The third kappa shape index (κ3) is 5.33. The summed E-state index contributed by atoms with van der Waals surface area (Å²) < 4.78 is 5.73. The number of nitrogens with zero attached hydrogens (tertiary/aromatic N) is 3. The van der Waals surface area contributed by atoms with E-state index in [1.807, 2.05) is 24.3 Å². The van der Waals surface area contributed by atoms with Crippen molar-refractivity contribution in [3.05, 3.63) is 95.8 Å². The minimum atomic E-state index is -1.06. The number of carboxylic acid groups (broad SMARTS) is 2. The fraction of sp³-hybridized carbons (Fsp3) is 0.0800. The van der Waals surface area contributed by atoms with Crippen molar-refractivity contribution in [3.63, 3.8) is 0 Å². The Balaban J connectivity index is 1.50. The van der Waals surface area contributed by atoms with Crippen LogP contribution in [0.3, 0.4) is 0 Å². The largest absolute Gasteiger partial charge is 0.481 e. The Hall–Kier alpha value is -4.79. The van der Waals surface area contributed by atoms with Gasteiger partial charge in [0.1, 0.15) is 17.5 Å². The normalized spacial score (nSPS) is 11.5. The number of carboxylic acids is 2. The fourth-order valence-electron chi connectivity index (χ4n) is 3.35. The molecule has 2 aromatic heterocycles. The first-order valence-corrected chi connectivity index (χ1v) is 10.3. The van der Waals surface area contributed by atoms with Crippen LogP contribution in [0.5, 0.6) is 11.8 Å². The van der Waals surface area contributed by atoms with E-state index < -0.39 is 17.9 Å². The molecule has 0 aliphatic rings. The van der Waals surface area contributed by atoms with Gasteiger partial charge >= 0.3 is 17.9 Å². The molecule has 0 amide bonds. The van der Waals surface area contributed by atoms with Crippen molar-refractivity contribution >= 4 is 17.8 Å². The van der Waals surface area contributed by atoms with Crippen LogP contribution >= 0.6 is 0 Å². The zero-order valence-electron chi connectivity index (χ0n) is 17.8. The molecule has 170 valence electrons. The van der Waals surface area contributed by atoms with Gasteiger partial charge in [0.05, 0.1) is 17.0 Å². The van der Waals surface area contributed by atoms with E-state index in [0.717, 1.165) is 11.3 Å². The van der Waals surface area contributed by atoms with E-state index >= 15 is 0 Å². The Kier molecular flexibility index (Phi) is 6.45. The van der Waals surface area contributed by atoms with E-state index in [9.17, 15) is 14.7 Å². The van der Waals surface area contributed by atoms with Crippen LogP contribution in [0.15, 0.2) is 79.0 Å². The molecule has 34 heavy (non-hydrogen) atoms. The number of aromatic carboxylic acids is 1. The molecule has 9 heteroatoms. The molecular weight excluding hydrogens is 436 g/mol. The van der Waals surface area contributed by atoms with Gasteiger partial charge in [-0.05, 0) is 66.6 Å². The predicted molar refractivity (Wildman–Crippen MR) is 124 cm³/mol. The maximum Gasteiger partial charge on any atom is 0.335 e. The molecule has 2 heterocycles. The van der Waals surface area contributed by atoms with E-state index in [2.05, 4.69) is 15.0 Å². The van der Waals surface area contributed by atoms with Crippen molar-refractivity contribution in [2.75, 3.05) is 5.73 Å². The van der Waals surface area contributed by atoms with Gasteiger partial charge in [-0.3, -0.25) is 4.79 Å². The van der Waals surface area contributed by atoms with Gasteiger partial charge in [0, 0.05) is 11.8 Å². The van der Waals surface area contributed by atoms with Gasteiger partial charge in [0.25, 0.3) is 0 Å². The van der Waals surface area contributed by atoms with E-state index in [-0.39, 0.29) is 23.7 Å². The number of nitrogens with two attached hydrogens (primary N) is 1. The Morgan fingerprint density at radius 3 is 2.29 bits per heavy atom. The van der Waals surface area contributed by atoms with Crippen molar-refractivity contribution in [1.82, 2.24) is 15.0 Å². The second-order valence-corrected chi connectivity index (χ2v) is 7.44. The average molecular weight is 456 g/mol. The molecule has 0 fully saturated rings. The Morgan fingerprint density at radius 2 is 1.65 bits per heavy atom. The van der Waals surface area contributed by atoms with Crippen LogP contribution in [0.25, 0.3) is 11.3 Å². The van der Waals surface area contributed by atoms with Gasteiger partial charge in [-0.25, -0.2) is 14.8 Å². The first-order valence-electron chi connectivity index (χ1n) is 10.3. The second-order valence-electron chi connectivity index (χ2n) is 7.44. The van der Waals surface area contributed by atoms with Crippen molar-refractivity contribution in [2.45, 2.75) is 12.3 Å². The predicted octanol–water partition coefficient (Wildman–Crippen LogP) is 4.02. The molecule has 1 unspecified atom stereocenters. The summed E-state index contributed by atoms with van der Waals surface area (Å²) in [5, 5.41) is 18.8. The number of ether oxygens (including phenoxy) is 1. The number of rotatable bonds is 8. The maximum atomic E-state index is 11.9. The molecule has 9 nitrogen and oxygen atoms in total. The van der Waals surface area contributed by atoms with Crippen LogP contribution in [0.2, 0.25) is 0 Å². The lowest BCUT2D eigenvalue weighted by atomic mass is 9.95. The van der Waals surface area contributed by atoms with Gasteiger partial charge in [-0.15, -0.1) is 0 Å². The van der Waals surface area contributed by atoms with Crippen LogP contribution in [0, 0.1) is 0 Å². The Bertz CT molecular complexity index is 1320. The number of benzene rings is 2. The number of nitrogen functional groups attached to an aromatic ring is 1. The molecule has 4 N–H and O–H groups in total. The summed E-state index contributed by atoms with van der Waals surface area (Å²) in [6.45, 7) is 0. The van der Waals surface area contributed by atoms with Crippen LogP contribution in [-0.2, 0) is 11.2 Å². The highest BCUT2D eigenvalue weighted by Gasteiger charge is 2.23. The third-order valence-corrected chi connectivity index (χ3v) is 5.08. The molecule has 0 radical (unpaired) electrons. The lowest BCUT2D eigenvalue weighted by molar-refractivity contribution is -0.138. The lowest BCUT2D eigenvalue weighted by Gasteiger charge is -2.13. The minimum absolute atomic E-state index is 0.0137. The molecular formula is C25H20N4O5. The topological polar surface area (TPSA) is 149 Å². The molecule has 0 saturated heterocycles. The van der Waals surface area contributed by atoms with Crippen molar-refractivity contribution in [1.29, 1.82) is 0 Å². The summed E-state index contributed by atoms with van der Waals surface area (Å²) >= 11 is 0. The van der Waals surface area contributed by atoms with E-state index in [0.29, 0.717) is 17.1 Å². The maximum absolute atomic E-state index is 11.9. The van der Waals surface area contributed by atoms with Gasteiger partial charge in [-0.1, -0.05) is 18.2 Å². The van der Waals surface area contributed by atoms with Crippen molar-refractivity contribution in [3.8, 4) is 23.0 Å². The zero-order valence-corrected chi connectivity index (χ0v) is 17.8. The molecule has 4 rings (SSSR count). The minimum Gasteiger partial charge on any atom is -0.481 e. The first kappa shape index (κ1) is 22.4. The quantitative estimate of drug-likeness (QED) is 0.357. The highest BCUT2D eigenvalue weighted by atomic mass is 16.5. The molecule has 2 aromatic carbocycles. The average Bonchev–Trinajstić information content (AvgIpc) is 2.83. The molecule has 0 saturated carbocycles. The van der Waals surface area contributed by atoms with Gasteiger partial charge in [-0.2, -0.15) is 4.98 Å². The standard InChI is InChI=1S/C25H20N4O5/c26-22-3-1-2-20(28-22)16-8-10-18(11-9-16)34-25-27-13-12-21(29-25)19(24(32)33)14-15-4-6-17(7-5-15)23(30)31/h1-13,19H,14H2,(H2,26,28)(H,30,31)(H,32,33). The number of aromatic nitrogens is 3. The molecule has 0 bridgehead atoms. The first-order chi connectivity index (χ1) is 16.4. The van der Waals surface area contributed by atoms with Crippen LogP contribution in [0.1, 0.15) is 27.5 Å². The number of anilines is 1. The number of pyridine rings is 1. The smallest absolute Gasteiger partial charge is 0.335 e. The van der Waals surface area contributed by atoms with Gasteiger partial charge < -0.3 is 20.7 Å². The van der Waals surface area contributed by atoms with E-state index in [1.165, 1.54) is 24.4 Å². The highest BCUT2D eigenvalue weighted by Crippen LogP contribution is 2.26. The number of carbonyl (C=O) groups is 2. The summed E-state index contributed by atoms with van der Waals surface area (Å²) in [5.74, 6) is -2.17. The van der Waals surface area contributed by atoms with E-state index in [1.54, 1.807) is 30.3 Å². The Labute approximate surface area is 194 Å². The highest BCUT2D eigenvalue weighted by molar-refractivity contribution is 5.87. The Morgan fingerprint density at radius 1 is 0.912 bits per heavy atom. The van der Waals surface area contributed by atoms with Crippen molar-refractivity contribution < 1.29 is 24.5 Å². The summed E-state index contributed by atoms with van der Waals surface area (Å²) in [6, 6.07) is 20.1. The van der Waals surface area contributed by atoms with Crippen molar-refractivity contribution in [2.24, 2.45) is 0 Å². The SMILES string of the molecule is Nc1cccc(-c2ccc(Oc3nccc(C(Cc4ccc(C(=O)O)cc4)C(=O)O)n3)cc2)n1. The zero-order chi connectivity index (χ0) is 24.1. The molecule has 0 aliphatic carbocycles. The molecule has 0 aliphatic heterocycles. The number of hydrogen-bond acceptors (Lipinski definition) is 7. The summed E-state index contributed by atoms with van der Waals surface area (Å²) in [4.78, 5) is 35.6. The van der Waals surface area contributed by atoms with Crippen LogP contribution in [-0.4, -0.2) is 37.1 Å². The second kappa shape index (κ2) is 9.78. The summed E-state index contributed by atoms with van der Waals surface area (Å²) in [6.07, 6.45) is 1.57. The number of aliphatic carboxylic acids is 1. The van der Waals surface area contributed by atoms with Crippen LogP contribution in [0.4, 0.5) is 5.82 Å². The monoisotopic (exact) mass is 456 g/mol. The van der Waals surface area contributed by atoms with Crippen LogP contribution < -0.4 is 10.5 Å². The number of hydrogen-bond donors (Lipinski definition) is 3. The summed E-state index contributed by atoms with van der Waals surface area (Å²) in [7, 11) is 0. The molecule has 1 atom stereocenters. The molecule has 0 spiro atoms. The summed E-state index contributed by atoms with van der Waals surface area (Å²) in [5.41, 5.74) is 8.40.